The third-order valence-electron chi connectivity index (χ3n) is 3.88. The molecule has 0 saturated heterocycles. The number of alkyl halides is 3. The Morgan fingerprint density at radius 2 is 1.83 bits per heavy atom. The normalized spacial score (nSPS) is 21.8. The SMILES string of the molecule is COC(=O)C1(c2ccccc2)CC=C(OS(=O)(=O)C(F)(F)F)CC1. The van der Waals surface area contributed by atoms with Gasteiger partial charge in [-0.15, -0.1) is 0 Å². The molecule has 132 valence electrons. The third kappa shape index (κ3) is 3.40. The van der Waals surface area contributed by atoms with Crippen LogP contribution in [-0.2, 0) is 29.2 Å². The minimum Gasteiger partial charge on any atom is -0.468 e. The molecular weight excluding hydrogens is 349 g/mol. The Bertz CT molecular complexity index is 740. The van der Waals surface area contributed by atoms with E-state index in [4.69, 9.17) is 4.74 Å². The van der Waals surface area contributed by atoms with Crippen LogP contribution in [0.5, 0.6) is 0 Å². The number of methoxy groups -OCH3 is 1. The highest BCUT2D eigenvalue weighted by Crippen LogP contribution is 2.41. The summed E-state index contributed by atoms with van der Waals surface area (Å²) in [5.41, 5.74) is -5.93. The van der Waals surface area contributed by atoms with Crippen molar-refractivity contribution < 1.29 is 35.3 Å². The van der Waals surface area contributed by atoms with E-state index in [0.717, 1.165) is 0 Å². The van der Waals surface area contributed by atoms with Gasteiger partial charge in [0.15, 0.2) is 0 Å². The first-order valence-corrected chi connectivity index (χ1v) is 8.37. The number of rotatable bonds is 4. The largest absolute Gasteiger partial charge is 0.534 e. The Morgan fingerprint density at radius 1 is 1.21 bits per heavy atom. The van der Waals surface area contributed by atoms with Gasteiger partial charge in [-0.2, -0.15) is 21.6 Å². The first kappa shape index (κ1) is 18.3. The first-order valence-electron chi connectivity index (χ1n) is 6.96. The predicted molar refractivity (Wildman–Crippen MR) is 78.1 cm³/mol. The molecule has 9 heteroatoms. The number of benzene rings is 1. The lowest BCUT2D eigenvalue weighted by molar-refractivity contribution is -0.148. The van der Waals surface area contributed by atoms with Crippen molar-refractivity contribution in [1.82, 2.24) is 0 Å². The second-order valence-corrected chi connectivity index (χ2v) is 6.84. The highest BCUT2D eigenvalue weighted by molar-refractivity contribution is 7.87. The Labute approximate surface area is 137 Å². The minimum absolute atomic E-state index is 0.0214. The van der Waals surface area contributed by atoms with Crippen LogP contribution < -0.4 is 0 Å². The Morgan fingerprint density at radius 3 is 2.29 bits per heavy atom. The third-order valence-corrected chi connectivity index (χ3v) is 4.88. The fourth-order valence-corrected chi connectivity index (χ4v) is 3.14. The van der Waals surface area contributed by atoms with E-state index in [1.54, 1.807) is 30.3 Å². The van der Waals surface area contributed by atoms with Gasteiger partial charge < -0.3 is 8.92 Å². The fourth-order valence-electron chi connectivity index (χ4n) is 2.61. The molecule has 5 nitrogen and oxygen atoms in total. The van der Waals surface area contributed by atoms with Crippen molar-refractivity contribution in [3.8, 4) is 0 Å². The molecule has 0 saturated carbocycles. The van der Waals surface area contributed by atoms with Gasteiger partial charge in [0.05, 0.1) is 12.5 Å². The lowest BCUT2D eigenvalue weighted by atomic mass is 9.71. The molecule has 24 heavy (non-hydrogen) atoms. The van der Waals surface area contributed by atoms with Gasteiger partial charge in [0, 0.05) is 6.42 Å². The van der Waals surface area contributed by atoms with E-state index in [2.05, 4.69) is 4.18 Å². The Balaban J connectivity index is 2.30. The van der Waals surface area contributed by atoms with Crippen molar-refractivity contribution in [3.05, 3.63) is 47.7 Å². The summed E-state index contributed by atoms with van der Waals surface area (Å²) in [6.45, 7) is 0. The van der Waals surface area contributed by atoms with E-state index in [1.165, 1.54) is 13.2 Å². The number of ether oxygens (including phenoxy) is 1. The molecule has 0 bridgehead atoms. The Hall–Kier alpha value is -2.03. The molecule has 0 heterocycles. The van der Waals surface area contributed by atoms with Crippen LogP contribution in [-0.4, -0.2) is 27.0 Å². The molecule has 0 aromatic heterocycles. The number of hydrogen-bond acceptors (Lipinski definition) is 5. The zero-order valence-electron chi connectivity index (χ0n) is 12.7. The molecule has 0 spiro atoms. The van der Waals surface area contributed by atoms with Crippen molar-refractivity contribution in [2.75, 3.05) is 7.11 Å². The molecule has 0 radical (unpaired) electrons. The summed E-state index contributed by atoms with van der Waals surface area (Å²) in [7, 11) is -4.49. The molecule has 1 aliphatic rings. The smallest absolute Gasteiger partial charge is 0.468 e. The first-order chi connectivity index (χ1) is 11.1. The summed E-state index contributed by atoms with van der Waals surface area (Å²) < 4.78 is 68.2. The lowest BCUT2D eigenvalue weighted by Gasteiger charge is -2.33. The maximum absolute atomic E-state index is 12.4. The minimum atomic E-state index is -5.71. The standard InChI is InChI=1S/C15H15F3O5S/c1-22-13(19)14(11-5-3-2-4-6-11)9-7-12(8-10-14)23-24(20,21)15(16,17)18/h2-7H,8-10H2,1H3. The molecule has 1 unspecified atom stereocenters. The molecule has 0 aliphatic heterocycles. The number of allylic oxidation sites excluding steroid dienone is 2. The maximum Gasteiger partial charge on any atom is 0.534 e. The summed E-state index contributed by atoms with van der Waals surface area (Å²) >= 11 is 0. The molecule has 1 aliphatic carbocycles. The fraction of sp³-hybridized carbons (Fsp3) is 0.400. The molecule has 2 rings (SSSR count). The molecule has 1 aromatic rings. The van der Waals surface area contributed by atoms with Crippen LogP contribution >= 0.6 is 0 Å². The van der Waals surface area contributed by atoms with Crippen LogP contribution in [0.3, 0.4) is 0 Å². The van der Waals surface area contributed by atoms with E-state index >= 15 is 0 Å². The topological polar surface area (TPSA) is 69.7 Å². The van der Waals surface area contributed by atoms with Crippen molar-refractivity contribution in [2.45, 2.75) is 30.2 Å². The molecule has 0 fully saturated rings. The van der Waals surface area contributed by atoms with Crippen LogP contribution in [0, 0.1) is 0 Å². The van der Waals surface area contributed by atoms with Gasteiger partial charge in [-0.25, -0.2) is 0 Å². The van der Waals surface area contributed by atoms with Gasteiger partial charge >= 0.3 is 21.6 Å². The van der Waals surface area contributed by atoms with Crippen LogP contribution in [0.25, 0.3) is 0 Å². The monoisotopic (exact) mass is 364 g/mol. The van der Waals surface area contributed by atoms with Crippen molar-refractivity contribution in [2.24, 2.45) is 0 Å². The number of halogens is 3. The van der Waals surface area contributed by atoms with Gasteiger partial charge in [0.2, 0.25) is 0 Å². The number of carbonyl (C=O) groups excluding carboxylic acids is 1. The quantitative estimate of drug-likeness (QED) is 0.467. The van der Waals surface area contributed by atoms with Gasteiger partial charge in [0.25, 0.3) is 0 Å². The average molecular weight is 364 g/mol. The lowest BCUT2D eigenvalue weighted by Crippen LogP contribution is -2.39. The van der Waals surface area contributed by atoms with E-state index in [0.29, 0.717) is 5.56 Å². The van der Waals surface area contributed by atoms with E-state index in [-0.39, 0.29) is 25.0 Å². The second-order valence-electron chi connectivity index (χ2n) is 5.30. The zero-order valence-corrected chi connectivity index (χ0v) is 13.5. The van der Waals surface area contributed by atoms with Gasteiger partial charge in [0.1, 0.15) is 5.76 Å². The van der Waals surface area contributed by atoms with Crippen LogP contribution in [0.2, 0.25) is 0 Å². The van der Waals surface area contributed by atoms with Crippen LogP contribution in [0.4, 0.5) is 13.2 Å². The molecule has 0 N–H and O–H groups in total. The van der Waals surface area contributed by atoms with Crippen molar-refractivity contribution >= 4 is 16.1 Å². The summed E-state index contributed by atoms with van der Waals surface area (Å²) in [5.74, 6) is -0.870. The summed E-state index contributed by atoms with van der Waals surface area (Å²) in [4.78, 5) is 12.2. The van der Waals surface area contributed by atoms with E-state index in [9.17, 15) is 26.4 Å². The highest BCUT2D eigenvalue weighted by atomic mass is 32.2. The second kappa shape index (κ2) is 6.46. The summed E-state index contributed by atoms with van der Waals surface area (Å²) in [5, 5.41) is 0. The summed E-state index contributed by atoms with van der Waals surface area (Å²) in [6, 6.07) is 8.64. The molecule has 0 amide bonds. The van der Waals surface area contributed by atoms with Gasteiger partial charge in [-0.05, 0) is 24.5 Å². The van der Waals surface area contributed by atoms with Crippen LogP contribution in [0.1, 0.15) is 24.8 Å². The highest BCUT2D eigenvalue weighted by Gasteiger charge is 2.50. The van der Waals surface area contributed by atoms with Crippen molar-refractivity contribution in [1.29, 1.82) is 0 Å². The van der Waals surface area contributed by atoms with E-state index in [1.807, 2.05) is 0 Å². The average Bonchev–Trinajstić information content (AvgIpc) is 2.54. The van der Waals surface area contributed by atoms with Crippen LogP contribution in [0.15, 0.2) is 42.2 Å². The number of hydrogen-bond donors (Lipinski definition) is 0. The molecule has 1 aromatic carbocycles. The van der Waals surface area contributed by atoms with Crippen molar-refractivity contribution in [3.63, 3.8) is 0 Å². The van der Waals surface area contributed by atoms with Gasteiger partial charge in [-0.1, -0.05) is 30.3 Å². The van der Waals surface area contributed by atoms with Gasteiger partial charge in [-0.3, -0.25) is 4.79 Å². The Kier molecular flexibility index (Phi) is 4.93. The number of esters is 1. The number of carbonyl (C=O) groups is 1. The molecular formula is C15H15F3O5S. The predicted octanol–water partition coefficient (Wildman–Crippen LogP) is 3.03. The zero-order chi connectivity index (χ0) is 18.0. The maximum atomic E-state index is 12.4. The molecule has 1 atom stereocenters. The summed E-state index contributed by atoms with van der Waals surface area (Å²) in [6.07, 6.45) is 1.10. The van der Waals surface area contributed by atoms with E-state index < -0.39 is 27.0 Å².